The zero-order chi connectivity index (χ0) is 43.5. The number of ether oxygens (including phenoxy) is 3. The number of hydrogen-bond donors (Lipinski definition) is 0. The van der Waals surface area contributed by atoms with Gasteiger partial charge in [-0.05, 0) is 89.9 Å². The van der Waals surface area contributed by atoms with Gasteiger partial charge in [0.1, 0.15) is 6.61 Å². The SMILES string of the molecule is CC/C=C\C/C=C\C/C=C\C/C=C\CCCCCCCCCOCC(COC(=O)CCCCCCC/C=C\C/C=C\C/C=C\CC)OC(=O)CCCCCCCCCCC. The Morgan fingerprint density at radius 1 is 0.383 bits per heavy atom. The normalized spacial score (nSPS) is 12.9. The molecule has 60 heavy (non-hydrogen) atoms. The summed E-state index contributed by atoms with van der Waals surface area (Å²) < 4.78 is 17.3. The van der Waals surface area contributed by atoms with E-state index in [1.807, 2.05) is 0 Å². The fourth-order valence-corrected chi connectivity index (χ4v) is 6.75. The van der Waals surface area contributed by atoms with Crippen molar-refractivity contribution in [1.29, 1.82) is 0 Å². The van der Waals surface area contributed by atoms with E-state index in [-0.39, 0.29) is 25.2 Å². The van der Waals surface area contributed by atoms with Crippen molar-refractivity contribution in [1.82, 2.24) is 0 Å². The van der Waals surface area contributed by atoms with Gasteiger partial charge in [0.2, 0.25) is 0 Å². The van der Waals surface area contributed by atoms with Gasteiger partial charge in [-0.1, -0.05) is 209 Å². The lowest BCUT2D eigenvalue weighted by molar-refractivity contribution is -0.163. The molecule has 0 aliphatic carbocycles. The highest BCUT2D eigenvalue weighted by atomic mass is 16.6. The Bertz CT molecular complexity index is 1130. The summed E-state index contributed by atoms with van der Waals surface area (Å²) in [5.41, 5.74) is 0. The Morgan fingerprint density at radius 2 is 0.750 bits per heavy atom. The minimum Gasteiger partial charge on any atom is -0.462 e. The molecule has 0 saturated carbocycles. The maximum absolute atomic E-state index is 12.7. The van der Waals surface area contributed by atoms with Gasteiger partial charge in [-0.15, -0.1) is 0 Å². The van der Waals surface area contributed by atoms with Crippen LogP contribution in [0.1, 0.15) is 226 Å². The van der Waals surface area contributed by atoms with Gasteiger partial charge in [0.05, 0.1) is 6.61 Å². The van der Waals surface area contributed by atoms with Gasteiger partial charge in [0, 0.05) is 19.4 Å². The second-order valence-electron chi connectivity index (χ2n) is 16.3. The summed E-state index contributed by atoms with van der Waals surface area (Å²) in [6.45, 7) is 7.55. The Labute approximate surface area is 371 Å². The van der Waals surface area contributed by atoms with Gasteiger partial charge in [0.15, 0.2) is 6.10 Å². The average Bonchev–Trinajstić information content (AvgIpc) is 3.25. The molecule has 1 atom stereocenters. The van der Waals surface area contributed by atoms with Crippen LogP contribution in [0.5, 0.6) is 0 Å². The van der Waals surface area contributed by atoms with Gasteiger partial charge < -0.3 is 14.2 Å². The topological polar surface area (TPSA) is 61.8 Å². The van der Waals surface area contributed by atoms with E-state index in [9.17, 15) is 9.59 Å². The highest BCUT2D eigenvalue weighted by molar-refractivity contribution is 5.70. The molecule has 0 amide bonds. The van der Waals surface area contributed by atoms with Crippen LogP contribution in [-0.4, -0.2) is 37.9 Å². The molecule has 0 aromatic carbocycles. The van der Waals surface area contributed by atoms with E-state index in [1.54, 1.807) is 0 Å². The Kier molecular flexibility index (Phi) is 48.0. The largest absolute Gasteiger partial charge is 0.462 e. The van der Waals surface area contributed by atoms with Crippen molar-refractivity contribution in [2.45, 2.75) is 232 Å². The minimum absolute atomic E-state index is 0.0697. The molecule has 0 bridgehead atoms. The van der Waals surface area contributed by atoms with Crippen LogP contribution >= 0.6 is 0 Å². The first kappa shape index (κ1) is 57.1. The van der Waals surface area contributed by atoms with Crippen LogP contribution in [0.25, 0.3) is 0 Å². The fraction of sp³-hybridized carbons (Fsp3) is 0.709. The van der Waals surface area contributed by atoms with Crippen LogP contribution in [0.2, 0.25) is 0 Å². The van der Waals surface area contributed by atoms with Crippen LogP contribution in [-0.2, 0) is 23.8 Å². The molecule has 0 radical (unpaired) electrons. The lowest BCUT2D eigenvalue weighted by Crippen LogP contribution is -2.30. The van der Waals surface area contributed by atoms with E-state index in [1.165, 1.54) is 96.3 Å². The predicted molar refractivity (Wildman–Crippen MR) is 260 cm³/mol. The number of hydrogen-bond acceptors (Lipinski definition) is 5. The molecule has 0 spiro atoms. The predicted octanol–water partition coefficient (Wildman–Crippen LogP) is 16.9. The lowest BCUT2D eigenvalue weighted by atomic mass is 10.1. The number of unbranched alkanes of at least 4 members (excludes halogenated alkanes) is 20. The second kappa shape index (κ2) is 50.4. The van der Waals surface area contributed by atoms with Gasteiger partial charge in [-0.25, -0.2) is 0 Å². The van der Waals surface area contributed by atoms with Gasteiger partial charge in [0.25, 0.3) is 0 Å². The first-order valence-corrected chi connectivity index (χ1v) is 25.1. The zero-order valence-corrected chi connectivity index (χ0v) is 39.5. The van der Waals surface area contributed by atoms with Gasteiger partial charge >= 0.3 is 11.9 Å². The summed E-state index contributed by atoms with van der Waals surface area (Å²) in [5.74, 6) is -0.426. The third kappa shape index (κ3) is 47.8. The molecule has 0 aliphatic rings. The van der Waals surface area contributed by atoms with Crippen molar-refractivity contribution in [2.75, 3.05) is 19.8 Å². The molecule has 0 rings (SSSR count). The number of carbonyl (C=O) groups is 2. The molecule has 5 heteroatoms. The summed E-state index contributed by atoms with van der Waals surface area (Å²) in [4.78, 5) is 25.3. The molecule has 0 saturated heterocycles. The van der Waals surface area contributed by atoms with Crippen molar-refractivity contribution in [3.63, 3.8) is 0 Å². The molecule has 0 aliphatic heterocycles. The number of allylic oxidation sites excluding steroid dienone is 14. The second-order valence-corrected chi connectivity index (χ2v) is 16.3. The van der Waals surface area contributed by atoms with Gasteiger partial charge in [-0.3, -0.25) is 9.59 Å². The zero-order valence-electron chi connectivity index (χ0n) is 39.5. The maximum Gasteiger partial charge on any atom is 0.306 e. The molecule has 344 valence electrons. The third-order valence-corrected chi connectivity index (χ3v) is 10.4. The quantitative estimate of drug-likeness (QED) is 0.0347. The Balaban J connectivity index is 4.23. The summed E-state index contributed by atoms with van der Waals surface area (Å²) in [5, 5.41) is 0. The Morgan fingerprint density at radius 3 is 1.20 bits per heavy atom. The molecule has 5 nitrogen and oxygen atoms in total. The Hall–Kier alpha value is -2.92. The van der Waals surface area contributed by atoms with E-state index in [0.717, 1.165) is 96.3 Å². The van der Waals surface area contributed by atoms with Crippen LogP contribution in [0.4, 0.5) is 0 Å². The van der Waals surface area contributed by atoms with Crippen LogP contribution in [0.3, 0.4) is 0 Å². The minimum atomic E-state index is -0.549. The summed E-state index contributed by atoms with van der Waals surface area (Å²) in [6, 6.07) is 0. The van der Waals surface area contributed by atoms with E-state index >= 15 is 0 Å². The number of rotatable bonds is 45. The van der Waals surface area contributed by atoms with Crippen molar-refractivity contribution >= 4 is 11.9 Å². The highest BCUT2D eigenvalue weighted by Crippen LogP contribution is 2.13. The monoisotopic (exact) mass is 835 g/mol. The lowest BCUT2D eigenvalue weighted by Gasteiger charge is -2.18. The van der Waals surface area contributed by atoms with Crippen LogP contribution in [0.15, 0.2) is 85.1 Å². The first-order chi connectivity index (χ1) is 29.6. The average molecular weight is 835 g/mol. The third-order valence-electron chi connectivity index (χ3n) is 10.4. The highest BCUT2D eigenvalue weighted by Gasteiger charge is 2.17. The van der Waals surface area contributed by atoms with Crippen LogP contribution in [0, 0.1) is 0 Å². The summed E-state index contributed by atoms with van der Waals surface area (Å²) in [7, 11) is 0. The van der Waals surface area contributed by atoms with E-state index in [4.69, 9.17) is 14.2 Å². The molecule has 0 aromatic rings. The van der Waals surface area contributed by atoms with Crippen molar-refractivity contribution in [3.8, 4) is 0 Å². The summed E-state index contributed by atoms with van der Waals surface area (Å²) in [6.07, 6.45) is 65.9. The van der Waals surface area contributed by atoms with Crippen molar-refractivity contribution < 1.29 is 23.8 Å². The van der Waals surface area contributed by atoms with E-state index in [0.29, 0.717) is 19.4 Å². The van der Waals surface area contributed by atoms with Crippen molar-refractivity contribution in [3.05, 3.63) is 85.1 Å². The molecular weight excluding hydrogens is 741 g/mol. The molecular formula is C55H94O5. The van der Waals surface area contributed by atoms with Gasteiger partial charge in [-0.2, -0.15) is 0 Å². The fourth-order valence-electron chi connectivity index (χ4n) is 6.75. The standard InChI is InChI=1S/C55H94O5/c1-4-7-10-13-16-19-21-23-25-26-27-28-29-31-33-35-38-41-44-47-50-58-51-53(60-55(57)49-46-43-40-36-18-15-12-9-6-3)52-59-54(56)48-45-42-39-37-34-32-30-24-22-20-17-14-11-8-5-2/h7-8,10-11,16-17,19-20,23-25,27-28,30,53H,4-6,9,12-15,18,21-22,26,29,31-52H2,1-3H3/b10-7-,11-8-,19-16-,20-17-,25-23-,28-27-,30-24-. The smallest absolute Gasteiger partial charge is 0.306 e. The van der Waals surface area contributed by atoms with Crippen LogP contribution < -0.4 is 0 Å². The molecule has 1 unspecified atom stereocenters. The van der Waals surface area contributed by atoms with E-state index in [2.05, 4.69) is 106 Å². The summed E-state index contributed by atoms with van der Waals surface area (Å²) >= 11 is 0. The number of carbonyl (C=O) groups excluding carboxylic acids is 2. The maximum atomic E-state index is 12.7. The molecule has 0 N–H and O–H groups in total. The number of esters is 2. The molecule has 0 fully saturated rings. The van der Waals surface area contributed by atoms with Crippen molar-refractivity contribution in [2.24, 2.45) is 0 Å². The first-order valence-electron chi connectivity index (χ1n) is 25.1. The molecule has 0 heterocycles. The van der Waals surface area contributed by atoms with E-state index < -0.39 is 6.10 Å². The molecule has 0 aromatic heterocycles.